The fraction of sp³-hybridized carbons (Fsp3) is 0.167. The van der Waals surface area contributed by atoms with Crippen molar-refractivity contribution in [3.8, 4) is 0 Å². The molecule has 24 heavy (non-hydrogen) atoms. The predicted octanol–water partition coefficient (Wildman–Crippen LogP) is 3.84. The molecule has 0 aliphatic carbocycles. The van der Waals surface area contributed by atoms with Crippen molar-refractivity contribution in [3.63, 3.8) is 0 Å². The van der Waals surface area contributed by atoms with Crippen LogP contribution in [0.2, 0.25) is 5.02 Å². The molecule has 0 amide bonds. The number of carbonyl (C=O) groups is 2. The highest BCUT2D eigenvalue weighted by atomic mass is 35.5. The highest BCUT2D eigenvalue weighted by Crippen LogP contribution is 2.19. The van der Waals surface area contributed by atoms with E-state index >= 15 is 0 Å². The predicted molar refractivity (Wildman–Crippen MR) is 89.0 cm³/mol. The molecule has 0 radical (unpaired) electrons. The second-order valence-corrected chi connectivity index (χ2v) is 5.74. The third-order valence-corrected chi connectivity index (χ3v) is 3.82. The van der Waals surface area contributed by atoms with Gasteiger partial charge >= 0.3 is 5.97 Å². The standard InChI is InChI=1S/C18H14ClNO4/c1-11(18(22)12-6-8-13(19)9-7-12)23-17(21)10-15-14-4-2-3-5-16(14)24-20-15/h2-9,11H,10H2,1H3/t11-/m1/s1. The van der Waals surface area contributed by atoms with Gasteiger partial charge in [0.2, 0.25) is 5.78 Å². The van der Waals surface area contributed by atoms with Crippen molar-refractivity contribution >= 4 is 34.3 Å². The van der Waals surface area contributed by atoms with E-state index < -0.39 is 12.1 Å². The van der Waals surface area contributed by atoms with Crippen molar-refractivity contribution in [2.45, 2.75) is 19.4 Å². The van der Waals surface area contributed by atoms with Crippen LogP contribution in [-0.4, -0.2) is 23.0 Å². The van der Waals surface area contributed by atoms with E-state index in [0.29, 0.717) is 21.9 Å². The van der Waals surface area contributed by atoms with Crippen molar-refractivity contribution in [1.29, 1.82) is 0 Å². The average molecular weight is 344 g/mol. The van der Waals surface area contributed by atoms with Crippen LogP contribution in [0, 0.1) is 0 Å². The Morgan fingerprint density at radius 3 is 2.62 bits per heavy atom. The van der Waals surface area contributed by atoms with E-state index in [1.165, 1.54) is 6.92 Å². The van der Waals surface area contributed by atoms with E-state index in [1.54, 1.807) is 30.3 Å². The number of ether oxygens (including phenoxy) is 1. The number of ketones is 1. The fourth-order valence-electron chi connectivity index (χ4n) is 2.34. The summed E-state index contributed by atoms with van der Waals surface area (Å²) in [7, 11) is 0. The number of hydrogen-bond acceptors (Lipinski definition) is 5. The minimum atomic E-state index is -0.892. The van der Waals surface area contributed by atoms with Gasteiger partial charge in [-0.15, -0.1) is 0 Å². The first-order valence-electron chi connectivity index (χ1n) is 7.37. The highest BCUT2D eigenvalue weighted by molar-refractivity contribution is 6.30. The second-order valence-electron chi connectivity index (χ2n) is 5.31. The number of halogens is 1. The molecule has 2 aromatic carbocycles. The van der Waals surface area contributed by atoms with E-state index in [0.717, 1.165) is 5.39 Å². The molecule has 0 bridgehead atoms. The number of hydrogen-bond donors (Lipinski definition) is 0. The van der Waals surface area contributed by atoms with Gasteiger partial charge in [0.25, 0.3) is 0 Å². The molecular weight excluding hydrogens is 330 g/mol. The molecule has 1 heterocycles. The molecule has 6 heteroatoms. The van der Waals surface area contributed by atoms with Crippen molar-refractivity contribution in [1.82, 2.24) is 5.16 Å². The molecule has 5 nitrogen and oxygen atoms in total. The van der Waals surface area contributed by atoms with E-state index in [4.69, 9.17) is 20.9 Å². The number of para-hydroxylation sites is 1. The molecule has 3 rings (SSSR count). The summed E-state index contributed by atoms with van der Waals surface area (Å²) in [5.74, 6) is -0.825. The van der Waals surface area contributed by atoms with E-state index in [9.17, 15) is 9.59 Å². The molecule has 0 saturated heterocycles. The summed E-state index contributed by atoms with van der Waals surface area (Å²) in [6.07, 6.45) is -0.952. The zero-order valence-corrected chi connectivity index (χ0v) is 13.6. The maximum atomic E-state index is 12.3. The Labute approximate surface area is 143 Å². The Hall–Kier alpha value is -2.66. The minimum Gasteiger partial charge on any atom is -0.454 e. The van der Waals surface area contributed by atoms with Crippen LogP contribution >= 0.6 is 11.6 Å². The average Bonchev–Trinajstić information content (AvgIpc) is 2.98. The van der Waals surface area contributed by atoms with Crippen LogP contribution < -0.4 is 0 Å². The van der Waals surface area contributed by atoms with Crippen LogP contribution in [0.4, 0.5) is 0 Å². The van der Waals surface area contributed by atoms with Crippen molar-refractivity contribution < 1.29 is 18.8 Å². The molecule has 122 valence electrons. The van der Waals surface area contributed by atoms with Gasteiger partial charge in [0, 0.05) is 16.0 Å². The van der Waals surface area contributed by atoms with Crippen molar-refractivity contribution in [3.05, 3.63) is 64.8 Å². The summed E-state index contributed by atoms with van der Waals surface area (Å²) < 4.78 is 10.4. The number of Topliss-reactive ketones (excluding diaryl/α,β-unsaturated/α-hetero) is 1. The van der Waals surface area contributed by atoms with Crippen LogP contribution in [0.15, 0.2) is 53.1 Å². The molecule has 0 aliphatic heterocycles. The van der Waals surface area contributed by atoms with Gasteiger partial charge in [-0.25, -0.2) is 0 Å². The van der Waals surface area contributed by atoms with Gasteiger partial charge in [-0.1, -0.05) is 28.9 Å². The Kier molecular flexibility index (Phi) is 4.62. The normalized spacial score (nSPS) is 12.1. The number of rotatable bonds is 5. The quantitative estimate of drug-likeness (QED) is 0.520. The first kappa shape index (κ1) is 16.2. The Morgan fingerprint density at radius 2 is 1.88 bits per heavy atom. The molecule has 0 N–H and O–H groups in total. The zero-order valence-electron chi connectivity index (χ0n) is 12.9. The van der Waals surface area contributed by atoms with E-state index in [1.807, 2.05) is 18.2 Å². The van der Waals surface area contributed by atoms with Gasteiger partial charge in [0.15, 0.2) is 11.7 Å². The third kappa shape index (κ3) is 3.46. The lowest BCUT2D eigenvalue weighted by Crippen LogP contribution is -2.25. The van der Waals surface area contributed by atoms with Gasteiger partial charge in [0.05, 0.1) is 6.42 Å². The molecule has 3 aromatic rings. The highest BCUT2D eigenvalue weighted by Gasteiger charge is 2.21. The lowest BCUT2D eigenvalue weighted by Gasteiger charge is -2.12. The first-order chi connectivity index (χ1) is 11.5. The van der Waals surface area contributed by atoms with E-state index in [2.05, 4.69) is 5.16 Å². The van der Waals surface area contributed by atoms with Gasteiger partial charge in [0.1, 0.15) is 5.69 Å². The van der Waals surface area contributed by atoms with Gasteiger partial charge in [-0.3, -0.25) is 9.59 Å². The number of fused-ring (bicyclic) bond motifs is 1. The number of carbonyl (C=O) groups excluding carboxylic acids is 2. The monoisotopic (exact) mass is 343 g/mol. The van der Waals surface area contributed by atoms with Gasteiger partial charge in [-0.05, 0) is 43.3 Å². The van der Waals surface area contributed by atoms with Crippen LogP contribution in [0.1, 0.15) is 23.0 Å². The smallest absolute Gasteiger partial charge is 0.312 e. The molecule has 0 saturated carbocycles. The third-order valence-electron chi connectivity index (χ3n) is 3.57. The molecule has 0 spiro atoms. The number of nitrogens with zero attached hydrogens (tertiary/aromatic N) is 1. The Balaban J connectivity index is 1.66. The Morgan fingerprint density at radius 1 is 1.17 bits per heavy atom. The van der Waals surface area contributed by atoms with Crippen molar-refractivity contribution in [2.75, 3.05) is 0 Å². The second kappa shape index (κ2) is 6.84. The number of benzene rings is 2. The summed E-state index contributed by atoms with van der Waals surface area (Å²) >= 11 is 5.79. The largest absolute Gasteiger partial charge is 0.454 e. The maximum Gasteiger partial charge on any atom is 0.312 e. The lowest BCUT2D eigenvalue weighted by atomic mass is 10.1. The van der Waals surface area contributed by atoms with Gasteiger partial charge < -0.3 is 9.26 Å². The number of esters is 1. The molecular formula is C18H14ClNO4. The SMILES string of the molecule is C[C@@H](OC(=O)Cc1noc2ccccc12)C(=O)c1ccc(Cl)cc1. The molecule has 1 atom stereocenters. The van der Waals surface area contributed by atoms with Crippen molar-refractivity contribution in [2.24, 2.45) is 0 Å². The summed E-state index contributed by atoms with van der Waals surface area (Å²) in [4.78, 5) is 24.3. The van der Waals surface area contributed by atoms with Crippen LogP contribution in [0.5, 0.6) is 0 Å². The maximum absolute atomic E-state index is 12.3. The lowest BCUT2D eigenvalue weighted by molar-refractivity contribution is -0.145. The molecule has 0 aliphatic rings. The fourth-order valence-corrected chi connectivity index (χ4v) is 2.47. The molecule has 0 unspecified atom stereocenters. The summed E-state index contributed by atoms with van der Waals surface area (Å²) in [5, 5.41) is 5.17. The summed E-state index contributed by atoms with van der Waals surface area (Å²) in [5.41, 5.74) is 1.53. The summed E-state index contributed by atoms with van der Waals surface area (Å²) in [6, 6.07) is 13.7. The van der Waals surface area contributed by atoms with Crippen LogP contribution in [-0.2, 0) is 16.0 Å². The minimum absolute atomic E-state index is 0.0603. The van der Waals surface area contributed by atoms with Gasteiger partial charge in [-0.2, -0.15) is 0 Å². The first-order valence-corrected chi connectivity index (χ1v) is 7.75. The van der Waals surface area contributed by atoms with Crippen LogP contribution in [0.25, 0.3) is 11.0 Å². The number of aromatic nitrogens is 1. The summed E-state index contributed by atoms with van der Waals surface area (Å²) in [6.45, 7) is 1.54. The van der Waals surface area contributed by atoms with E-state index in [-0.39, 0.29) is 12.2 Å². The molecule has 0 fully saturated rings. The zero-order chi connectivity index (χ0) is 17.1. The topological polar surface area (TPSA) is 69.4 Å². The van der Waals surface area contributed by atoms with Crippen LogP contribution in [0.3, 0.4) is 0 Å². The molecule has 1 aromatic heterocycles. The Bertz CT molecular complexity index is 885.